The van der Waals surface area contributed by atoms with Crippen molar-refractivity contribution in [2.45, 2.75) is 6.92 Å². The molecule has 3 heteroatoms. The van der Waals surface area contributed by atoms with Crippen LogP contribution in [-0.2, 0) is 0 Å². The molecule has 1 heterocycles. The van der Waals surface area contributed by atoms with Crippen LogP contribution < -0.4 is 5.32 Å². The molecule has 0 amide bonds. The molecule has 1 N–H and O–H groups in total. The van der Waals surface area contributed by atoms with E-state index in [0.29, 0.717) is 0 Å². The smallest absolute Gasteiger partial charge is 0.125 e. The number of benzene rings is 2. The molecule has 0 saturated carbocycles. The Kier molecular flexibility index (Phi) is 2.88. The van der Waals surface area contributed by atoms with Crippen molar-refractivity contribution in [1.29, 1.82) is 0 Å². The van der Waals surface area contributed by atoms with Gasteiger partial charge in [-0.3, -0.25) is 4.98 Å². The van der Waals surface area contributed by atoms with Gasteiger partial charge < -0.3 is 5.32 Å². The first-order valence-electron chi connectivity index (χ1n) is 6.11. The average Bonchev–Trinajstić information content (AvgIpc) is 2.38. The molecule has 3 aromatic rings. The monoisotopic (exact) mass is 252 g/mol. The summed E-state index contributed by atoms with van der Waals surface area (Å²) in [7, 11) is 0. The second kappa shape index (κ2) is 4.69. The lowest BCUT2D eigenvalue weighted by Gasteiger charge is -2.10. The van der Waals surface area contributed by atoms with Crippen LogP contribution in [0.5, 0.6) is 0 Å². The van der Waals surface area contributed by atoms with Gasteiger partial charge in [-0.2, -0.15) is 0 Å². The first-order valence-corrected chi connectivity index (χ1v) is 6.11. The van der Waals surface area contributed by atoms with Gasteiger partial charge in [-0.25, -0.2) is 4.39 Å². The third-order valence-corrected chi connectivity index (χ3v) is 2.95. The van der Waals surface area contributed by atoms with Crippen molar-refractivity contribution in [3.05, 3.63) is 66.1 Å². The lowest BCUT2D eigenvalue weighted by molar-refractivity contribution is 0.628. The molecule has 0 aliphatic heterocycles. The van der Waals surface area contributed by atoms with Crippen LogP contribution in [-0.4, -0.2) is 4.98 Å². The van der Waals surface area contributed by atoms with E-state index < -0.39 is 0 Å². The molecule has 0 radical (unpaired) electrons. The third kappa shape index (κ3) is 2.40. The molecule has 3 rings (SSSR count). The summed E-state index contributed by atoms with van der Waals surface area (Å²) >= 11 is 0. The molecule has 1 aromatic heterocycles. The van der Waals surface area contributed by atoms with Crippen LogP contribution in [0.3, 0.4) is 0 Å². The number of nitrogens with one attached hydrogen (secondary N) is 1. The Hall–Kier alpha value is -2.42. The topological polar surface area (TPSA) is 24.9 Å². The second-order valence-corrected chi connectivity index (χ2v) is 4.46. The van der Waals surface area contributed by atoms with Crippen LogP contribution in [0.25, 0.3) is 10.9 Å². The normalized spacial score (nSPS) is 10.6. The van der Waals surface area contributed by atoms with Crippen LogP contribution in [0.2, 0.25) is 0 Å². The summed E-state index contributed by atoms with van der Waals surface area (Å²) in [5.74, 6) is -0.250. The molecule has 2 nitrogen and oxygen atoms in total. The van der Waals surface area contributed by atoms with Gasteiger partial charge in [0.1, 0.15) is 5.82 Å². The zero-order chi connectivity index (χ0) is 13.2. The standard InChI is InChI=1S/C16H13FN2/c1-11-9-16(14-7-2-3-8-15(14)18-11)19-13-6-4-5-12(17)10-13/h2-10H,1H3,(H,18,19). The summed E-state index contributed by atoms with van der Waals surface area (Å²) in [6, 6.07) is 16.3. The van der Waals surface area contributed by atoms with E-state index in [1.807, 2.05) is 43.3 Å². The maximum absolute atomic E-state index is 13.2. The Bertz CT molecular complexity index is 738. The number of pyridine rings is 1. The van der Waals surface area contributed by atoms with Gasteiger partial charge >= 0.3 is 0 Å². The SMILES string of the molecule is Cc1cc(Nc2cccc(F)c2)c2ccccc2n1. The molecule has 0 aliphatic rings. The highest BCUT2D eigenvalue weighted by molar-refractivity contribution is 5.93. The molecule has 2 aromatic carbocycles. The Balaban J connectivity index is 2.09. The number of hydrogen-bond donors (Lipinski definition) is 1. The Morgan fingerprint density at radius 2 is 1.84 bits per heavy atom. The summed E-state index contributed by atoms with van der Waals surface area (Å²) in [4.78, 5) is 4.48. The van der Waals surface area contributed by atoms with Crippen molar-refractivity contribution in [3.63, 3.8) is 0 Å². The minimum Gasteiger partial charge on any atom is -0.355 e. The molecule has 19 heavy (non-hydrogen) atoms. The van der Waals surface area contributed by atoms with Gasteiger partial charge in [0.05, 0.1) is 5.52 Å². The maximum atomic E-state index is 13.2. The number of aryl methyl sites for hydroxylation is 1. The fourth-order valence-electron chi connectivity index (χ4n) is 2.13. The summed E-state index contributed by atoms with van der Waals surface area (Å²) in [5, 5.41) is 4.27. The van der Waals surface area contributed by atoms with Crippen molar-refractivity contribution in [1.82, 2.24) is 4.98 Å². The van der Waals surface area contributed by atoms with Gasteiger partial charge in [0.15, 0.2) is 0 Å². The van der Waals surface area contributed by atoms with Crippen molar-refractivity contribution in [3.8, 4) is 0 Å². The van der Waals surface area contributed by atoms with E-state index in [2.05, 4.69) is 10.3 Å². The third-order valence-electron chi connectivity index (χ3n) is 2.95. The molecule has 0 atom stereocenters. The highest BCUT2D eigenvalue weighted by Crippen LogP contribution is 2.26. The largest absolute Gasteiger partial charge is 0.355 e. The fourth-order valence-corrected chi connectivity index (χ4v) is 2.13. The number of rotatable bonds is 2. The molecule has 0 unspecified atom stereocenters. The Morgan fingerprint density at radius 3 is 2.68 bits per heavy atom. The number of hydrogen-bond acceptors (Lipinski definition) is 2. The van der Waals surface area contributed by atoms with Crippen LogP contribution in [0.4, 0.5) is 15.8 Å². The Morgan fingerprint density at radius 1 is 1.00 bits per heavy atom. The molecule has 0 bridgehead atoms. The van der Waals surface area contributed by atoms with Crippen LogP contribution >= 0.6 is 0 Å². The highest BCUT2D eigenvalue weighted by atomic mass is 19.1. The van der Waals surface area contributed by atoms with Crippen LogP contribution in [0.15, 0.2) is 54.6 Å². The highest BCUT2D eigenvalue weighted by Gasteiger charge is 2.04. The van der Waals surface area contributed by atoms with Gasteiger partial charge in [-0.1, -0.05) is 24.3 Å². The van der Waals surface area contributed by atoms with Crippen molar-refractivity contribution < 1.29 is 4.39 Å². The predicted octanol–water partition coefficient (Wildman–Crippen LogP) is 4.43. The molecule has 0 fully saturated rings. The molecule has 0 spiro atoms. The van der Waals surface area contributed by atoms with E-state index in [9.17, 15) is 4.39 Å². The molecule has 0 saturated heterocycles. The van der Waals surface area contributed by atoms with Crippen LogP contribution in [0.1, 0.15) is 5.69 Å². The molecule has 0 aliphatic carbocycles. The minimum absolute atomic E-state index is 0.250. The van der Waals surface area contributed by atoms with Gasteiger partial charge in [0.25, 0.3) is 0 Å². The summed E-state index contributed by atoms with van der Waals surface area (Å²) in [6.07, 6.45) is 0. The second-order valence-electron chi connectivity index (χ2n) is 4.46. The lowest BCUT2D eigenvalue weighted by Crippen LogP contribution is -1.94. The van der Waals surface area contributed by atoms with Gasteiger partial charge in [-0.05, 0) is 37.3 Å². The minimum atomic E-state index is -0.250. The van der Waals surface area contributed by atoms with Gasteiger partial charge in [0, 0.05) is 22.5 Å². The number of halogens is 1. The van der Waals surface area contributed by atoms with E-state index in [1.165, 1.54) is 12.1 Å². The summed E-state index contributed by atoms with van der Waals surface area (Å²) in [5.41, 5.74) is 3.53. The van der Waals surface area contributed by atoms with Gasteiger partial charge in [-0.15, -0.1) is 0 Å². The zero-order valence-electron chi connectivity index (χ0n) is 10.5. The van der Waals surface area contributed by atoms with Crippen molar-refractivity contribution >= 4 is 22.3 Å². The first kappa shape index (κ1) is 11.7. The maximum Gasteiger partial charge on any atom is 0.125 e. The number of anilines is 2. The number of para-hydroxylation sites is 1. The van der Waals surface area contributed by atoms with E-state index in [0.717, 1.165) is 28.0 Å². The average molecular weight is 252 g/mol. The summed E-state index contributed by atoms with van der Waals surface area (Å²) < 4.78 is 13.2. The van der Waals surface area contributed by atoms with Crippen molar-refractivity contribution in [2.24, 2.45) is 0 Å². The number of nitrogens with zero attached hydrogens (tertiary/aromatic N) is 1. The van der Waals surface area contributed by atoms with E-state index in [1.54, 1.807) is 6.07 Å². The van der Waals surface area contributed by atoms with Crippen LogP contribution in [0, 0.1) is 12.7 Å². The Labute approximate surface area is 110 Å². The van der Waals surface area contributed by atoms with Crippen molar-refractivity contribution in [2.75, 3.05) is 5.32 Å². The van der Waals surface area contributed by atoms with E-state index >= 15 is 0 Å². The number of aromatic nitrogens is 1. The van der Waals surface area contributed by atoms with E-state index in [-0.39, 0.29) is 5.82 Å². The molecule has 94 valence electrons. The molecular weight excluding hydrogens is 239 g/mol. The summed E-state index contributed by atoms with van der Waals surface area (Å²) in [6.45, 7) is 1.95. The zero-order valence-corrected chi connectivity index (χ0v) is 10.5. The number of fused-ring (bicyclic) bond motifs is 1. The van der Waals surface area contributed by atoms with E-state index in [4.69, 9.17) is 0 Å². The quantitative estimate of drug-likeness (QED) is 0.730. The van der Waals surface area contributed by atoms with Gasteiger partial charge in [0.2, 0.25) is 0 Å². The fraction of sp³-hybridized carbons (Fsp3) is 0.0625. The first-order chi connectivity index (χ1) is 9.22. The predicted molar refractivity (Wildman–Crippen MR) is 76.2 cm³/mol. The lowest BCUT2D eigenvalue weighted by atomic mass is 10.1. The molecular formula is C16H13FN2.